The lowest BCUT2D eigenvalue weighted by atomic mass is 10.0. The topological polar surface area (TPSA) is 50.4 Å². The monoisotopic (exact) mass is 316 g/mol. The van der Waals surface area contributed by atoms with Crippen molar-refractivity contribution in [3.63, 3.8) is 0 Å². The predicted molar refractivity (Wildman–Crippen MR) is 90.9 cm³/mol. The van der Waals surface area contributed by atoms with Crippen molar-refractivity contribution >= 4 is 17.9 Å². The fourth-order valence-corrected chi connectivity index (χ4v) is 3.55. The van der Waals surface area contributed by atoms with Gasteiger partial charge in [0.2, 0.25) is 0 Å². The Morgan fingerprint density at radius 3 is 2.57 bits per heavy atom. The van der Waals surface area contributed by atoms with Crippen LogP contribution in [-0.4, -0.2) is 41.3 Å². The van der Waals surface area contributed by atoms with Gasteiger partial charge in [0.15, 0.2) is 0 Å². The molecule has 0 aliphatic carbocycles. The first-order valence-electron chi connectivity index (χ1n) is 8.03. The van der Waals surface area contributed by atoms with Crippen LogP contribution < -0.4 is 10.6 Å². The molecule has 0 radical (unpaired) electrons. The number of rotatable bonds is 5. The van der Waals surface area contributed by atoms with E-state index in [-0.39, 0.29) is 12.1 Å². The van der Waals surface area contributed by atoms with Gasteiger partial charge < -0.3 is 15.4 Å². The summed E-state index contributed by atoms with van der Waals surface area (Å²) in [7, 11) is 0. The molecule has 0 spiro atoms. The summed E-state index contributed by atoms with van der Waals surface area (Å²) in [6.07, 6.45) is 2.18. The highest BCUT2D eigenvalue weighted by atomic mass is 32.2. The van der Waals surface area contributed by atoms with Gasteiger partial charge in [0, 0.05) is 23.9 Å². The molecule has 5 heteroatoms. The van der Waals surface area contributed by atoms with E-state index in [9.17, 15) is 4.79 Å². The van der Waals surface area contributed by atoms with E-state index < -0.39 is 5.60 Å². The van der Waals surface area contributed by atoms with Gasteiger partial charge in [0.1, 0.15) is 5.60 Å². The number of hydrogen-bond acceptors (Lipinski definition) is 4. The molecule has 1 fully saturated rings. The first-order valence-corrected chi connectivity index (χ1v) is 9.08. The molecule has 0 saturated carbocycles. The zero-order chi connectivity index (χ0) is 16.0. The number of thioether (sulfide) groups is 1. The lowest BCUT2D eigenvalue weighted by Gasteiger charge is -2.32. The number of amides is 1. The van der Waals surface area contributed by atoms with Crippen LogP contribution in [0.5, 0.6) is 0 Å². The molecule has 3 atom stereocenters. The van der Waals surface area contributed by atoms with Crippen molar-refractivity contribution in [3.05, 3.63) is 0 Å². The molecule has 4 nitrogen and oxygen atoms in total. The Hall–Kier alpha value is -0.420. The molecule has 1 heterocycles. The van der Waals surface area contributed by atoms with Gasteiger partial charge in [-0.2, -0.15) is 11.8 Å². The Morgan fingerprint density at radius 2 is 2.05 bits per heavy atom. The molecular formula is C16H32N2O2S. The van der Waals surface area contributed by atoms with Crippen molar-refractivity contribution in [2.75, 3.05) is 12.3 Å². The molecule has 3 unspecified atom stereocenters. The highest BCUT2D eigenvalue weighted by molar-refractivity contribution is 7.99. The number of nitrogens with one attached hydrogen (secondary N) is 2. The molecule has 0 bridgehead atoms. The third-order valence-corrected chi connectivity index (χ3v) is 5.09. The Bertz CT molecular complexity index is 329. The van der Waals surface area contributed by atoms with Gasteiger partial charge in [-0.15, -0.1) is 0 Å². The maximum Gasteiger partial charge on any atom is 0.407 e. The zero-order valence-electron chi connectivity index (χ0n) is 14.4. The van der Waals surface area contributed by atoms with E-state index >= 15 is 0 Å². The summed E-state index contributed by atoms with van der Waals surface area (Å²) in [4.78, 5) is 11.9. The van der Waals surface area contributed by atoms with E-state index in [2.05, 4.69) is 31.4 Å². The first kappa shape index (κ1) is 18.6. The molecular weight excluding hydrogens is 284 g/mol. The number of alkyl carbamates (subject to hydrolysis) is 1. The standard InChI is InChI=1S/C16H32N2O2S/c1-11(2)14(18-15(19)20-16(4,5)6)10-17-13-8-7-9-21-12(13)3/h11-14,17H,7-10H2,1-6H3,(H,18,19). The Kier molecular flexibility index (Phi) is 7.34. The molecule has 124 valence electrons. The van der Waals surface area contributed by atoms with Gasteiger partial charge in [-0.3, -0.25) is 0 Å². The van der Waals surface area contributed by atoms with Crippen molar-refractivity contribution in [2.45, 2.75) is 77.3 Å². The minimum atomic E-state index is -0.451. The molecule has 21 heavy (non-hydrogen) atoms. The third-order valence-electron chi connectivity index (χ3n) is 3.71. The summed E-state index contributed by atoms with van der Waals surface area (Å²) in [6.45, 7) is 13.0. The van der Waals surface area contributed by atoms with Gasteiger partial charge in [0.05, 0.1) is 0 Å². The lowest BCUT2D eigenvalue weighted by Crippen LogP contribution is -2.50. The number of hydrogen-bond donors (Lipinski definition) is 2. The second-order valence-electron chi connectivity index (χ2n) is 7.23. The van der Waals surface area contributed by atoms with Crippen LogP contribution in [-0.2, 0) is 4.74 Å². The summed E-state index contributed by atoms with van der Waals surface area (Å²) < 4.78 is 5.35. The van der Waals surface area contributed by atoms with E-state index in [1.54, 1.807) is 0 Å². The van der Waals surface area contributed by atoms with Gasteiger partial charge in [0.25, 0.3) is 0 Å². The van der Waals surface area contributed by atoms with Crippen LogP contribution >= 0.6 is 11.8 Å². The summed E-state index contributed by atoms with van der Waals surface area (Å²) in [5, 5.41) is 7.27. The molecule has 1 rings (SSSR count). The van der Waals surface area contributed by atoms with Crippen LogP contribution in [0.15, 0.2) is 0 Å². The van der Waals surface area contributed by atoms with Crippen LogP contribution in [0.4, 0.5) is 4.79 Å². The normalized spacial score (nSPS) is 24.7. The summed E-state index contributed by atoms with van der Waals surface area (Å²) in [5.74, 6) is 1.64. The molecule has 0 aromatic carbocycles. The quantitative estimate of drug-likeness (QED) is 0.816. The Labute approximate surface area is 134 Å². The van der Waals surface area contributed by atoms with Crippen LogP contribution in [0.1, 0.15) is 54.4 Å². The summed E-state index contributed by atoms with van der Waals surface area (Å²) >= 11 is 2.03. The predicted octanol–water partition coefficient (Wildman–Crippen LogP) is 3.41. The van der Waals surface area contributed by atoms with Crippen molar-refractivity contribution in [1.82, 2.24) is 10.6 Å². The van der Waals surface area contributed by atoms with Crippen LogP contribution in [0.3, 0.4) is 0 Å². The minimum absolute atomic E-state index is 0.0963. The third kappa shape index (κ3) is 7.41. The maximum absolute atomic E-state index is 11.9. The lowest BCUT2D eigenvalue weighted by molar-refractivity contribution is 0.0489. The second kappa shape index (κ2) is 8.28. The average Bonchev–Trinajstić information content (AvgIpc) is 2.33. The van der Waals surface area contributed by atoms with Gasteiger partial charge in [-0.25, -0.2) is 4.79 Å². The van der Waals surface area contributed by atoms with Gasteiger partial charge in [-0.05, 0) is 45.3 Å². The Balaban J connectivity index is 2.44. The van der Waals surface area contributed by atoms with Gasteiger partial charge in [-0.1, -0.05) is 20.8 Å². The number of carbonyl (C=O) groups excluding carboxylic acids is 1. The maximum atomic E-state index is 11.9. The van der Waals surface area contributed by atoms with Crippen LogP contribution in [0, 0.1) is 5.92 Å². The number of carbonyl (C=O) groups is 1. The molecule has 1 aliphatic rings. The average molecular weight is 317 g/mol. The highest BCUT2D eigenvalue weighted by Crippen LogP contribution is 2.25. The summed E-state index contributed by atoms with van der Waals surface area (Å²) in [5.41, 5.74) is -0.451. The zero-order valence-corrected chi connectivity index (χ0v) is 15.2. The summed E-state index contributed by atoms with van der Waals surface area (Å²) in [6, 6.07) is 0.643. The molecule has 1 amide bonds. The van der Waals surface area contributed by atoms with Crippen molar-refractivity contribution in [2.24, 2.45) is 5.92 Å². The molecule has 1 saturated heterocycles. The molecule has 2 N–H and O–H groups in total. The van der Waals surface area contributed by atoms with Gasteiger partial charge >= 0.3 is 6.09 Å². The second-order valence-corrected chi connectivity index (χ2v) is 8.71. The van der Waals surface area contributed by atoms with Crippen LogP contribution in [0.25, 0.3) is 0 Å². The van der Waals surface area contributed by atoms with Crippen molar-refractivity contribution < 1.29 is 9.53 Å². The number of ether oxygens (including phenoxy) is 1. The van der Waals surface area contributed by atoms with E-state index in [0.717, 1.165) is 6.54 Å². The fourth-order valence-electron chi connectivity index (χ4n) is 2.38. The fraction of sp³-hybridized carbons (Fsp3) is 0.938. The SMILES string of the molecule is CC(C)C(CNC1CCCSC1C)NC(=O)OC(C)(C)C. The van der Waals surface area contributed by atoms with E-state index in [1.807, 2.05) is 32.5 Å². The van der Waals surface area contributed by atoms with E-state index in [0.29, 0.717) is 17.2 Å². The molecule has 0 aromatic heterocycles. The van der Waals surface area contributed by atoms with Crippen molar-refractivity contribution in [3.8, 4) is 0 Å². The highest BCUT2D eigenvalue weighted by Gasteiger charge is 2.25. The smallest absolute Gasteiger partial charge is 0.407 e. The molecule has 0 aromatic rings. The van der Waals surface area contributed by atoms with Crippen LogP contribution in [0.2, 0.25) is 0 Å². The van der Waals surface area contributed by atoms with E-state index in [4.69, 9.17) is 4.74 Å². The van der Waals surface area contributed by atoms with E-state index in [1.165, 1.54) is 18.6 Å². The first-order chi connectivity index (χ1) is 9.69. The molecule has 1 aliphatic heterocycles. The largest absolute Gasteiger partial charge is 0.444 e. The minimum Gasteiger partial charge on any atom is -0.444 e. The Morgan fingerprint density at radius 1 is 1.38 bits per heavy atom. The van der Waals surface area contributed by atoms with Crippen molar-refractivity contribution in [1.29, 1.82) is 0 Å².